The van der Waals surface area contributed by atoms with E-state index >= 15 is 0 Å². The largest absolute Gasteiger partial charge is 0.372 e. The van der Waals surface area contributed by atoms with Crippen LogP contribution in [-0.4, -0.2) is 18.6 Å². The first-order chi connectivity index (χ1) is 3.85. The second-order valence-electron chi connectivity index (χ2n) is 1.17. The van der Waals surface area contributed by atoms with Crippen molar-refractivity contribution in [3.63, 3.8) is 0 Å². The lowest BCUT2D eigenvalue weighted by Crippen LogP contribution is -1.80. The quantitative estimate of drug-likeness (QED) is 0.412. The summed E-state index contributed by atoms with van der Waals surface area (Å²) in [6.45, 7) is 0.878. The van der Waals surface area contributed by atoms with Crippen LogP contribution >= 0.6 is 11.6 Å². The third-order valence-electron chi connectivity index (χ3n) is 0.574. The second-order valence-corrected chi connectivity index (χ2v) is 1.48. The highest BCUT2D eigenvalue weighted by Crippen LogP contribution is 2.08. The molecule has 1 saturated heterocycles. The summed E-state index contributed by atoms with van der Waals surface area (Å²) in [7, 11) is 0. The van der Waals surface area contributed by atoms with Crippen LogP contribution < -0.4 is 0 Å². The van der Waals surface area contributed by atoms with Gasteiger partial charge < -0.3 is 4.74 Å². The maximum absolute atomic E-state index is 9.12. The lowest BCUT2D eigenvalue weighted by molar-refractivity contribution is -0.317. The van der Waals surface area contributed by atoms with Gasteiger partial charge in [0.1, 0.15) is 0 Å². The zero-order chi connectivity index (χ0) is 6.41. The summed E-state index contributed by atoms with van der Waals surface area (Å²) in [5.74, 6) is 0.667. The predicted octanol–water partition coefficient (Wildman–Crippen LogP) is 1.40. The van der Waals surface area contributed by atoms with E-state index in [1.54, 1.807) is 0 Å². The Hall–Kier alpha value is 0.0700. The average Bonchev–Trinajstić information content (AvgIpc) is 2.48. The number of epoxide rings is 1. The molecule has 0 aliphatic carbocycles. The van der Waals surface area contributed by atoms with Crippen molar-refractivity contribution in [2.45, 2.75) is 6.10 Å². The fourth-order valence-corrected chi connectivity index (χ4v) is 0.335. The molecule has 0 aromatic carbocycles. The molecule has 0 spiro atoms. The van der Waals surface area contributed by atoms with Gasteiger partial charge in [-0.3, -0.25) is 0 Å². The van der Waals surface area contributed by atoms with Crippen molar-refractivity contribution in [1.29, 1.82) is 0 Å². The van der Waals surface area contributed by atoms with Crippen LogP contribution in [0.15, 0.2) is 0 Å². The summed E-state index contributed by atoms with van der Waals surface area (Å²) in [5.41, 5.74) is 0. The molecule has 0 radical (unpaired) electrons. The van der Waals surface area contributed by atoms with Gasteiger partial charge in [-0.25, -0.2) is 0 Å². The van der Waals surface area contributed by atoms with E-state index in [2.05, 4.69) is 0 Å². The Balaban J connectivity index is 0.000000145. The van der Waals surface area contributed by atoms with Gasteiger partial charge in [0.05, 0.1) is 18.6 Å². The van der Waals surface area contributed by atoms with Crippen LogP contribution in [0.3, 0.4) is 0 Å². The molecule has 50 valence electrons. The predicted molar refractivity (Wildman–Crippen MR) is 23.8 cm³/mol. The van der Waals surface area contributed by atoms with E-state index in [9.17, 15) is 0 Å². The summed E-state index contributed by atoms with van der Waals surface area (Å²) in [4.78, 5) is 0. The van der Waals surface area contributed by atoms with Gasteiger partial charge in [-0.2, -0.15) is 0 Å². The number of alkyl halides is 1. The fraction of sp³-hybridized carbons (Fsp3) is 1.00. The second kappa shape index (κ2) is 5.21. The Bertz CT molecular complexity index is 50.5. The van der Waals surface area contributed by atoms with Crippen LogP contribution in [-0.2, 0) is 9.88 Å². The first-order valence-electron chi connectivity index (χ1n) is 1.92. The highest BCUT2D eigenvalue weighted by molar-refractivity contribution is 6.18. The number of halogens is 3. The molecule has 1 aliphatic rings. The molecular weight excluding hydrogens is 141 g/mol. The SMILES string of the molecule is ClCC1CO1.FOF. The maximum atomic E-state index is 9.12. The first-order valence-corrected chi connectivity index (χ1v) is 2.45. The molecule has 0 aromatic rings. The van der Waals surface area contributed by atoms with Crippen molar-refractivity contribution in [2.75, 3.05) is 12.5 Å². The molecule has 2 nitrogen and oxygen atoms in total. The Morgan fingerprint density at radius 1 is 1.75 bits per heavy atom. The lowest BCUT2D eigenvalue weighted by Gasteiger charge is -1.67. The molecule has 8 heavy (non-hydrogen) atoms. The Morgan fingerprint density at radius 2 is 2.12 bits per heavy atom. The topological polar surface area (TPSA) is 21.8 Å². The van der Waals surface area contributed by atoms with Gasteiger partial charge in [-0.05, 0) is 9.05 Å². The summed E-state index contributed by atoms with van der Waals surface area (Å²) in [6, 6.07) is 0. The van der Waals surface area contributed by atoms with Crippen molar-refractivity contribution in [1.82, 2.24) is 0 Å². The van der Waals surface area contributed by atoms with Gasteiger partial charge in [-0.15, -0.1) is 11.6 Å². The summed E-state index contributed by atoms with van der Waals surface area (Å²) >= 11 is 5.27. The molecule has 0 amide bonds. The van der Waals surface area contributed by atoms with Gasteiger partial charge in [0, 0.05) is 5.15 Å². The third-order valence-corrected chi connectivity index (χ3v) is 0.919. The van der Waals surface area contributed by atoms with Gasteiger partial charge in [0.25, 0.3) is 0 Å². The van der Waals surface area contributed by atoms with Crippen LogP contribution in [0.25, 0.3) is 0 Å². The highest BCUT2D eigenvalue weighted by Gasteiger charge is 2.19. The third kappa shape index (κ3) is 6.07. The number of ether oxygens (including phenoxy) is 1. The standard InChI is InChI=1S/C3H5ClO.F2O/c4-1-3-2-5-3;1-3-2/h3H,1-2H2;. The Labute approximate surface area is 50.1 Å². The Morgan fingerprint density at radius 3 is 2.12 bits per heavy atom. The van der Waals surface area contributed by atoms with E-state index in [-0.39, 0.29) is 0 Å². The lowest BCUT2D eigenvalue weighted by atomic mass is 10.6. The van der Waals surface area contributed by atoms with Crippen molar-refractivity contribution in [3.05, 3.63) is 0 Å². The van der Waals surface area contributed by atoms with E-state index in [1.165, 1.54) is 5.15 Å². The number of hydrogen-bond acceptors (Lipinski definition) is 2. The van der Waals surface area contributed by atoms with Crippen LogP contribution in [0.4, 0.5) is 9.05 Å². The molecule has 0 aromatic heterocycles. The minimum absolute atomic E-state index is 0.400. The molecule has 1 atom stereocenters. The van der Waals surface area contributed by atoms with Crippen LogP contribution in [0.5, 0.6) is 0 Å². The molecule has 0 N–H and O–H groups in total. The average molecular weight is 147 g/mol. The number of rotatable bonds is 1. The molecule has 0 saturated carbocycles. The molecule has 0 bridgehead atoms. The Kier molecular flexibility index (Phi) is 5.26. The van der Waals surface area contributed by atoms with Crippen molar-refractivity contribution in [2.24, 2.45) is 0 Å². The normalized spacial score (nSPS) is 23.6. The summed E-state index contributed by atoms with van der Waals surface area (Å²) in [6.07, 6.45) is 0.400. The van der Waals surface area contributed by atoms with Crippen LogP contribution in [0.2, 0.25) is 0 Å². The summed E-state index contributed by atoms with van der Waals surface area (Å²) < 4.78 is 23.0. The van der Waals surface area contributed by atoms with Gasteiger partial charge in [-0.1, -0.05) is 0 Å². The molecule has 1 unspecified atom stereocenters. The maximum Gasteiger partial charge on any atom is 0.0944 e. The minimum Gasteiger partial charge on any atom is -0.372 e. The van der Waals surface area contributed by atoms with E-state index in [0.717, 1.165) is 6.61 Å². The van der Waals surface area contributed by atoms with E-state index in [4.69, 9.17) is 25.4 Å². The van der Waals surface area contributed by atoms with Crippen LogP contribution in [0.1, 0.15) is 0 Å². The van der Waals surface area contributed by atoms with E-state index in [1.807, 2.05) is 0 Å². The highest BCUT2D eigenvalue weighted by atomic mass is 35.5. The van der Waals surface area contributed by atoms with Crippen molar-refractivity contribution >= 4 is 11.6 Å². The van der Waals surface area contributed by atoms with Crippen LogP contribution in [0, 0.1) is 0 Å². The molecule has 1 heterocycles. The van der Waals surface area contributed by atoms with E-state index in [0.29, 0.717) is 12.0 Å². The molecule has 1 fully saturated rings. The molecule has 1 rings (SSSR count). The molecule has 1 aliphatic heterocycles. The van der Waals surface area contributed by atoms with Gasteiger partial charge in [0.2, 0.25) is 0 Å². The zero-order valence-corrected chi connectivity index (χ0v) is 4.70. The van der Waals surface area contributed by atoms with Gasteiger partial charge >= 0.3 is 0 Å². The van der Waals surface area contributed by atoms with Gasteiger partial charge in [0.15, 0.2) is 0 Å². The monoisotopic (exact) mass is 146 g/mol. The minimum atomic E-state index is 0.400. The molecular formula is C3H5ClF2O2. The smallest absolute Gasteiger partial charge is 0.0944 e. The van der Waals surface area contributed by atoms with Crippen molar-refractivity contribution in [3.8, 4) is 0 Å². The first kappa shape index (κ1) is 8.07. The zero-order valence-electron chi connectivity index (χ0n) is 3.94. The summed E-state index contributed by atoms with van der Waals surface area (Å²) in [5, 5.41) is 1.25. The fourth-order valence-electron chi connectivity index (χ4n) is 0.157. The van der Waals surface area contributed by atoms with E-state index < -0.39 is 0 Å². The van der Waals surface area contributed by atoms with Crippen molar-refractivity contribution < 1.29 is 18.9 Å². The molecule has 5 heteroatoms. The number of hydrogen-bond donors (Lipinski definition) is 0.